The molecule has 0 radical (unpaired) electrons. The summed E-state index contributed by atoms with van der Waals surface area (Å²) < 4.78 is 0.850. The molecule has 110 valence electrons. The van der Waals surface area contributed by atoms with Crippen LogP contribution in [0.5, 0.6) is 0 Å². The van der Waals surface area contributed by atoms with E-state index in [2.05, 4.69) is 44.2 Å². The molecule has 0 amide bonds. The second-order valence-corrected chi connectivity index (χ2v) is 5.93. The number of aryl methyl sites for hydroxylation is 1. The van der Waals surface area contributed by atoms with E-state index < -0.39 is 0 Å². The van der Waals surface area contributed by atoms with Gasteiger partial charge >= 0.3 is 0 Å². The first-order chi connectivity index (χ1) is 10.1. The summed E-state index contributed by atoms with van der Waals surface area (Å²) in [4.78, 5) is 7.58. The van der Waals surface area contributed by atoms with Crippen LogP contribution in [0.1, 0.15) is 36.8 Å². The maximum atomic E-state index is 8.85. The number of rotatable bonds is 6. The van der Waals surface area contributed by atoms with E-state index in [1.165, 1.54) is 0 Å². The summed E-state index contributed by atoms with van der Waals surface area (Å²) in [5, 5.41) is 12.6. The van der Waals surface area contributed by atoms with Crippen LogP contribution >= 0.6 is 27.5 Å². The van der Waals surface area contributed by atoms with Crippen molar-refractivity contribution in [2.75, 3.05) is 5.32 Å². The SMILES string of the molecule is CCCCc1nc(Cl)c(CNc2ccc(C#N)cc2Br)[nH]1. The highest BCUT2D eigenvalue weighted by atomic mass is 79.9. The highest BCUT2D eigenvalue weighted by Crippen LogP contribution is 2.24. The Morgan fingerprint density at radius 1 is 1.48 bits per heavy atom. The zero-order chi connectivity index (χ0) is 15.2. The second-order valence-electron chi connectivity index (χ2n) is 4.72. The molecular weight excluding hydrogens is 352 g/mol. The Hall–Kier alpha value is -1.51. The van der Waals surface area contributed by atoms with E-state index in [-0.39, 0.29) is 0 Å². The lowest BCUT2D eigenvalue weighted by Gasteiger charge is -2.07. The number of aromatic amines is 1. The van der Waals surface area contributed by atoms with E-state index in [4.69, 9.17) is 16.9 Å². The zero-order valence-electron chi connectivity index (χ0n) is 11.7. The van der Waals surface area contributed by atoms with Gasteiger partial charge in [0.1, 0.15) is 5.82 Å². The predicted molar refractivity (Wildman–Crippen MR) is 88.4 cm³/mol. The summed E-state index contributed by atoms with van der Waals surface area (Å²) in [5.41, 5.74) is 2.41. The molecule has 0 aliphatic rings. The highest BCUT2D eigenvalue weighted by Gasteiger charge is 2.09. The van der Waals surface area contributed by atoms with E-state index in [9.17, 15) is 0 Å². The molecule has 1 aromatic heterocycles. The number of nitrogens with zero attached hydrogens (tertiary/aromatic N) is 2. The molecule has 0 aliphatic heterocycles. The van der Waals surface area contributed by atoms with Crippen LogP contribution in [-0.4, -0.2) is 9.97 Å². The molecule has 1 heterocycles. The standard InChI is InChI=1S/C15H16BrClN4/c1-2-3-4-14-20-13(15(17)21-14)9-19-12-6-5-10(8-18)7-11(12)16/h5-7,19H,2-4,9H2,1H3,(H,20,21). The molecule has 0 saturated carbocycles. The molecule has 0 unspecified atom stereocenters. The summed E-state index contributed by atoms with van der Waals surface area (Å²) in [7, 11) is 0. The number of benzene rings is 1. The van der Waals surface area contributed by atoms with Gasteiger partial charge in [0.25, 0.3) is 0 Å². The minimum atomic E-state index is 0.512. The van der Waals surface area contributed by atoms with Gasteiger partial charge in [-0.2, -0.15) is 5.26 Å². The van der Waals surface area contributed by atoms with Crippen molar-refractivity contribution >= 4 is 33.2 Å². The number of aromatic nitrogens is 2. The monoisotopic (exact) mass is 366 g/mol. The number of nitriles is 1. The van der Waals surface area contributed by atoms with Gasteiger partial charge in [-0.05, 0) is 40.5 Å². The molecule has 2 rings (SSSR count). The van der Waals surface area contributed by atoms with Crippen molar-refractivity contribution in [2.45, 2.75) is 32.7 Å². The first-order valence-corrected chi connectivity index (χ1v) is 7.98. The van der Waals surface area contributed by atoms with Gasteiger partial charge in [0, 0.05) is 16.6 Å². The molecule has 0 aliphatic carbocycles. The lowest BCUT2D eigenvalue weighted by Crippen LogP contribution is -2.01. The van der Waals surface area contributed by atoms with Crippen LogP contribution in [0.4, 0.5) is 5.69 Å². The van der Waals surface area contributed by atoms with Crippen LogP contribution in [-0.2, 0) is 13.0 Å². The summed E-state index contributed by atoms with van der Waals surface area (Å²) in [6.45, 7) is 2.71. The van der Waals surface area contributed by atoms with Gasteiger partial charge in [-0.3, -0.25) is 0 Å². The van der Waals surface area contributed by atoms with Crippen molar-refractivity contribution in [1.29, 1.82) is 5.26 Å². The maximum absolute atomic E-state index is 8.85. The van der Waals surface area contributed by atoms with Crippen molar-refractivity contribution in [2.24, 2.45) is 0 Å². The van der Waals surface area contributed by atoms with Crippen molar-refractivity contribution in [3.05, 3.63) is 44.9 Å². The molecular formula is C15H16BrClN4. The Balaban J connectivity index is 2.03. The molecule has 2 N–H and O–H groups in total. The number of H-pyrrole nitrogens is 1. The van der Waals surface area contributed by atoms with E-state index in [1.54, 1.807) is 12.1 Å². The van der Waals surface area contributed by atoms with E-state index in [1.807, 2.05) is 6.07 Å². The molecule has 4 nitrogen and oxygen atoms in total. The molecule has 1 aromatic carbocycles. The van der Waals surface area contributed by atoms with Crippen LogP contribution in [0.25, 0.3) is 0 Å². The average molecular weight is 368 g/mol. The van der Waals surface area contributed by atoms with Gasteiger partial charge in [0.2, 0.25) is 0 Å². The fraction of sp³-hybridized carbons (Fsp3) is 0.333. The molecule has 0 spiro atoms. The van der Waals surface area contributed by atoms with E-state index in [0.717, 1.165) is 40.9 Å². The van der Waals surface area contributed by atoms with Gasteiger partial charge < -0.3 is 10.3 Å². The van der Waals surface area contributed by atoms with Crippen LogP contribution in [0.3, 0.4) is 0 Å². The number of halogens is 2. The Labute approximate surface area is 137 Å². The lowest BCUT2D eigenvalue weighted by molar-refractivity contribution is 0.760. The number of hydrogen-bond donors (Lipinski definition) is 2. The predicted octanol–water partition coefficient (Wildman–Crippen LogP) is 4.65. The molecule has 2 aromatic rings. The topological polar surface area (TPSA) is 64.5 Å². The number of hydrogen-bond acceptors (Lipinski definition) is 3. The molecule has 21 heavy (non-hydrogen) atoms. The van der Waals surface area contributed by atoms with Gasteiger partial charge in [-0.15, -0.1) is 0 Å². The van der Waals surface area contributed by atoms with E-state index in [0.29, 0.717) is 17.3 Å². The van der Waals surface area contributed by atoms with Crippen molar-refractivity contribution in [3.63, 3.8) is 0 Å². The fourth-order valence-electron chi connectivity index (χ4n) is 1.93. The van der Waals surface area contributed by atoms with Crippen molar-refractivity contribution in [1.82, 2.24) is 9.97 Å². The summed E-state index contributed by atoms with van der Waals surface area (Å²) >= 11 is 9.59. The van der Waals surface area contributed by atoms with Crippen LogP contribution in [0.15, 0.2) is 22.7 Å². The molecule has 6 heteroatoms. The van der Waals surface area contributed by atoms with Gasteiger partial charge in [0.05, 0.1) is 23.9 Å². The molecule has 0 fully saturated rings. The van der Waals surface area contributed by atoms with Crippen LogP contribution < -0.4 is 5.32 Å². The minimum Gasteiger partial charge on any atom is -0.378 e. The Morgan fingerprint density at radius 2 is 2.29 bits per heavy atom. The molecule has 0 bridgehead atoms. The zero-order valence-corrected chi connectivity index (χ0v) is 14.1. The quantitative estimate of drug-likeness (QED) is 0.781. The fourth-order valence-corrected chi connectivity index (χ4v) is 2.67. The molecule has 0 atom stereocenters. The first kappa shape index (κ1) is 15.9. The van der Waals surface area contributed by atoms with Crippen molar-refractivity contribution < 1.29 is 0 Å². The van der Waals surface area contributed by atoms with Gasteiger partial charge in [-0.1, -0.05) is 24.9 Å². The van der Waals surface area contributed by atoms with Crippen molar-refractivity contribution in [3.8, 4) is 6.07 Å². The number of imidazole rings is 1. The third-order valence-corrected chi connectivity index (χ3v) is 4.07. The Morgan fingerprint density at radius 3 is 2.95 bits per heavy atom. The summed E-state index contributed by atoms with van der Waals surface area (Å²) in [5.74, 6) is 0.928. The Bertz CT molecular complexity index is 660. The third-order valence-electron chi connectivity index (χ3n) is 3.10. The number of nitrogens with one attached hydrogen (secondary N) is 2. The molecule has 0 saturated heterocycles. The van der Waals surface area contributed by atoms with Crippen LogP contribution in [0.2, 0.25) is 5.15 Å². The summed E-state index contributed by atoms with van der Waals surface area (Å²) in [6, 6.07) is 7.53. The normalized spacial score (nSPS) is 10.4. The second kappa shape index (κ2) is 7.48. The third kappa shape index (κ3) is 4.23. The van der Waals surface area contributed by atoms with Gasteiger partial charge in [-0.25, -0.2) is 4.98 Å². The van der Waals surface area contributed by atoms with Crippen LogP contribution in [0, 0.1) is 11.3 Å². The number of unbranched alkanes of at least 4 members (excludes halogenated alkanes) is 1. The summed E-state index contributed by atoms with van der Waals surface area (Å²) in [6.07, 6.45) is 3.14. The van der Waals surface area contributed by atoms with E-state index >= 15 is 0 Å². The Kier molecular flexibility index (Phi) is 5.66. The average Bonchev–Trinajstić information content (AvgIpc) is 2.84. The highest BCUT2D eigenvalue weighted by molar-refractivity contribution is 9.10. The maximum Gasteiger partial charge on any atom is 0.152 e. The first-order valence-electron chi connectivity index (χ1n) is 6.80. The number of anilines is 1. The smallest absolute Gasteiger partial charge is 0.152 e. The largest absolute Gasteiger partial charge is 0.378 e. The lowest BCUT2D eigenvalue weighted by atomic mass is 10.2. The minimum absolute atomic E-state index is 0.512. The van der Waals surface area contributed by atoms with Gasteiger partial charge in [0.15, 0.2) is 5.15 Å².